The predicted octanol–water partition coefficient (Wildman–Crippen LogP) is 14.1. The number of aromatic nitrogens is 4. The number of benzene rings is 8. The summed E-state index contributed by atoms with van der Waals surface area (Å²) >= 11 is 0. The third-order valence-corrected chi connectivity index (χ3v) is 12.3. The quantitative estimate of drug-likeness (QED) is 0.163. The zero-order chi connectivity index (χ0) is 40.0. The predicted molar refractivity (Wildman–Crippen MR) is 245 cm³/mol. The molecule has 3 heterocycles. The summed E-state index contributed by atoms with van der Waals surface area (Å²) < 4.78 is 6.56. The van der Waals surface area contributed by atoms with Gasteiger partial charge in [0, 0.05) is 54.6 Å². The van der Waals surface area contributed by atoms with E-state index in [-0.39, 0.29) is 5.41 Å². The third kappa shape index (κ3) is 5.33. The summed E-state index contributed by atoms with van der Waals surface area (Å²) in [5.74, 6) is 1.90. The SMILES string of the molecule is CC1(C)c2ccccc2-c2cc(-c3nc(-c4ccccc4)nc(-c4cccc(-c5ccc6oc7ccc8c(-c9ccccc9)nc9ccccc9c8c7c6c5)c4)n3)ccc21. The van der Waals surface area contributed by atoms with Crippen LogP contribution in [0.4, 0.5) is 0 Å². The molecule has 12 rings (SSSR count). The number of hydrogen-bond acceptors (Lipinski definition) is 5. The van der Waals surface area contributed by atoms with Gasteiger partial charge in [-0.05, 0) is 75.8 Å². The number of hydrogen-bond donors (Lipinski definition) is 0. The van der Waals surface area contributed by atoms with Crippen molar-refractivity contribution in [2.75, 3.05) is 0 Å². The Labute approximate surface area is 346 Å². The number of furan rings is 1. The summed E-state index contributed by atoms with van der Waals surface area (Å²) in [6.45, 7) is 4.60. The van der Waals surface area contributed by atoms with Crippen LogP contribution in [0.15, 0.2) is 186 Å². The molecule has 60 heavy (non-hydrogen) atoms. The van der Waals surface area contributed by atoms with Crippen LogP contribution in [0.1, 0.15) is 25.0 Å². The molecule has 0 aliphatic heterocycles. The molecule has 5 heteroatoms. The fourth-order valence-corrected chi connectivity index (χ4v) is 9.35. The van der Waals surface area contributed by atoms with Gasteiger partial charge in [-0.1, -0.05) is 153 Å². The molecule has 0 atom stereocenters. The highest BCUT2D eigenvalue weighted by atomic mass is 16.3. The number of para-hydroxylation sites is 1. The van der Waals surface area contributed by atoms with Crippen molar-refractivity contribution >= 4 is 43.6 Å². The maximum absolute atomic E-state index is 6.56. The maximum Gasteiger partial charge on any atom is 0.164 e. The van der Waals surface area contributed by atoms with E-state index in [9.17, 15) is 0 Å². The minimum absolute atomic E-state index is 0.0840. The minimum atomic E-state index is -0.0840. The van der Waals surface area contributed by atoms with Gasteiger partial charge in [-0.3, -0.25) is 0 Å². The van der Waals surface area contributed by atoms with Crippen LogP contribution in [0.2, 0.25) is 0 Å². The van der Waals surface area contributed by atoms with Gasteiger partial charge in [0.15, 0.2) is 17.5 Å². The Morgan fingerprint density at radius 1 is 0.367 bits per heavy atom. The van der Waals surface area contributed by atoms with Crippen LogP contribution >= 0.6 is 0 Å². The highest BCUT2D eigenvalue weighted by molar-refractivity contribution is 6.28. The summed E-state index contributed by atoms with van der Waals surface area (Å²) in [6.07, 6.45) is 0. The Bertz CT molecular complexity index is 3520. The average Bonchev–Trinajstić information content (AvgIpc) is 3.80. The molecule has 0 bridgehead atoms. The lowest BCUT2D eigenvalue weighted by Gasteiger charge is -2.21. The van der Waals surface area contributed by atoms with Gasteiger partial charge in [0.2, 0.25) is 0 Å². The van der Waals surface area contributed by atoms with Crippen molar-refractivity contribution in [3.8, 4) is 67.7 Å². The van der Waals surface area contributed by atoms with Crippen LogP contribution in [0.5, 0.6) is 0 Å². The summed E-state index contributed by atoms with van der Waals surface area (Å²) in [4.78, 5) is 20.6. The Kier molecular flexibility index (Phi) is 7.51. The van der Waals surface area contributed by atoms with Crippen LogP contribution < -0.4 is 0 Å². The van der Waals surface area contributed by atoms with Crippen LogP contribution in [0.3, 0.4) is 0 Å². The lowest BCUT2D eigenvalue weighted by atomic mass is 9.82. The van der Waals surface area contributed by atoms with Crippen LogP contribution in [0, 0.1) is 0 Å². The Balaban J connectivity index is 1.01. The zero-order valence-electron chi connectivity index (χ0n) is 33.0. The molecule has 5 nitrogen and oxygen atoms in total. The first-order valence-corrected chi connectivity index (χ1v) is 20.4. The lowest BCUT2D eigenvalue weighted by molar-refractivity contribution is 0.660. The van der Waals surface area contributed by atoms with E-state index in [2.05, 4.69) is 172 Å². The van der Waals surface area contributed by atoms with E-state index in [0.29, 0.717) is 17.5 Å². The van der Waals surface area contributed by atoms with E-state index in [4.69, 9.17) is 24.4 Å². The van der Waals surface area contributed by atoms with Gasteiger partial charge in [-0.2, -0.15) is 0 Å². The van der Waals surface area contributed by atoms with E-state index >= 15 is 0 Å². The maximum atomic E-state index is 6.56. The van der Waals surface area contributed by atoms with Gasteiger partial charge in [-0.15, -0.1) is 0 Å². The molecule has 11 aromatic rings. The van der Waals surface area contributed by atoms with Gasteiger partial charge in [0.1, 0.15) is 11.2 Å². The first-order valence-electron chi connectivity index (χ1n) is 20.4. The molecule has 1 aliphatic carbocycles. The van der Waals surface area contributed by atoms with E-state index < -0.39 is 0 Å². The van der Waals surface area contributed by atoms with Crippen LogP contribution in [0.25, 0.3) is 111 Å². The molecule has 3 aromatic heterocycles. The highest BCUT2D eigenvalue weighted by Gasteiger charge is 2.35. The van der Waals surface area contributed by atoms with Crippen LogP contribution in [-0.4, -0.2) is 19.9 Å². The van der Waals surface area contributed by atoms with E-state index in [0.717, 1.165) is 82.7 Å². The molecule has 0 unspecified atom stereocenters. The Morgan fingerprint density at radius 3 is 1.78 bits per heavy atom. The molecule has 0 saturated heterocycles. The number of rotatable bonds is 5. The van der Waals surface area contributed by atoms with E-state index in [1.807, 2.05) is 24.3 Å². The van der Waals surface area contributed by atoms with E-state index in [1.165, 1.54) is 22.3 Å². The van der Waals surface area contributed by atoms with Gasteiger partial charge in [-0.25, -0.2) is 19.9 Å². The summed E-state index contributed by atoms with van der Waals surface area (Å²) in [7, 11) is 0. The Morgan fingerprint density at radius 2 is 0.967 bits per heavy atom. The second kappa shape index (κ2) is 13.1. The number of pyridine rings is 1. The molecule has 0 amide bonds. The fourth-order valence-electron chi connectivity index (χ4n) is 9.35. The van der Waals surface area contributed by atoms with Gasteiger partial charge >= 0.3 is 0 Å². The van der Waals surface area contributed by atoms with E-state index in [1.54, 1.807) is 0 Å². The van der Waals surface area contributed by atoms with Crippen molar-refractivity contribution < 1.29 is 4.42 Å². The molecule has 0 radical (unpaired) electrons. The molecule has 282 valence electrons. The zero-order valence-corrected chi connectivity index (χ0v) is 33.0. The second-order valence-electron chi connectivity index (χ2n) is 16.2. The van der Waals surface area contributed by atoms with Crippen molar-refractivity contribution in [3.05, 3.63) is 193 Å². The topological polar surface area (TPSA) is 64.7 Å². The molecule has 0 saturated carbocycles. The monoisotopic (exact) mass is 768 g/mol. The lowest BCUT2D eigenvalue weighted by Crippen LogP contribution is -2.14. The largest absolute Gasteiger partial charge is 0.456 e. The van der Waals surface area contributed by atoms with Crippen molar-refractivity contribution in [1.82, 2.24) is 19.9 Å². The van der Waals surface area contributed by atoms with Gasteiger partial charge in [0.05, 0.1) is 11.2 Å². The molecule has 1 aliphatic rings. The second-order valence-corrected chi connectivity index (χ2v) is 16.2. The molecule has 0 spiro atoms. The minimum Gasteiger partial charge on any atom is -0.456 e. The van der Waals surface area contributed by atoms with Crippen molar-refractivity contribution in [2.24, 2.45) is 0 Å². The number of fused-ring (bicyclic) bond motifs is 10. The molecule has 8 aromatic carbocycles. The van der Waals surface area contributed by atoms with Crippen molar-refractivity contribution in [1.29, 1.82) is 0 Å². The molecular formula is C55H36N4O. The third-order valence-electron chi connectivity index (χ3n) is 12.3. The van der Waals surface area contributed by atoms with Gasteiger partial charge < -0.3 is 4.42 Å². The number of nitrogens with zero attached hydrogens (tertiary/aromatic N) is 4. The smallest absolute Gasteiger partial charge is 0.164 e. The summed E-state index contributed by atoms with van der Waals surface area (Å²) in [5, 5.41) is 5.49. The molecule has 0 N–H and O–H groups in total. The molecular weight excluding hydrogens is 733 g/mol. The summed E-state index contributed by atoms with van der Waals surface area (Å²) in [5.41, 5.74) is 14.7. The highest BCUT2D eigenvalue weighted by Crippen LogP contribution is 2.49. The average molecular weight is 769 g/mol. The fraction of sp³-hybridized carbons (Fsp3) is 0.0545. The van der Waals surface area contributed by atoms with Crippen LogP contribution in [-0.2, 0) is 5.41 Å². The standard InChI is InChI=1S/C55H36N4O/c1-55(2)44-22-11-9-20-39(44)42-32-38(24-27-45(42)55)54-58-52(34-16-7-4-8-17-34)57-53(59-54)37-19-13-18-35(30-37)36-25-28-47-43(31-36)50-48(60-47)29-26-41-49(50)40-21-10-12-23-46(40)56-51(41)33-14-5-3-6-15-33/h3-32H,1-2H3. The first kappa shape index (κ1) is 34.3. The molecule has 0 fully saturated rings. The first-order chi connectivity index (χ1) is 29.5. The van der Waals surface area contributed by atoms with Crippen molar-refractivity contribution in [3.63, 3.8) is 0 Å². The Hall–Kier alpha value is -7.76. The van der Waals surface area contributed by atoms with Gasteiger partial charge in [0.25, 0.3) is 0 Å². The normalized spacial score (nSPS) is 13.0. The summed E-state index contributed by atoms with van der Waals surface area (Å²) in [6, 6.07) is 63.6. The van der Waals surface area contributed by atoms with Crippen molar-refractivity contribution in [2.45, 2.75) is 19.3 Å².